The monoisotopic (exact) mass is 409 g/mol. The molecular weight excluding hydrogens is 385 g/mol. The molecule has 7 nitrogen and oxygen atoms in total. The minimum absolute atomic E-state index is 0.257. The molecule has 30 heavy (non-hydrogen) atoms. The lowest BCUT2D eigenvalue weighted by Gasteiger charge is -2.55. The maximum atomic E-state index is 13.3. The summed E-state index contributed by atoms with van der Waals surface area (Å²) in [6.45, 7) is 6.81. The molecule has 0 radical (unpaired) electrons. The van der Waals surface area contributed by atoms with Crippen LogP contribution in [0.25, 0.3) is 5.95 Å². The lowest BCUT2D eigenvalue weighted by molar-refractivity contribution is -0.127. The van der Waals surface area contributed by atoms with Gasteiger partial charge in [0.2, 0.25) is 0 Å². The van der Waals surface area contributed by atoms with Crippen LogP contribution in [0.4, 0.5) is 10.2 Å². The molecule has 0 atom stereocenters. The molecule has 1 N–H and O–H groups in total. The zero-order valence-electron chi connectivity index (χ0n) is 17.0. The molecule has 0 bridgehead atoms. The molecule has 1 spiro atoms. The Hall–Kier alpha value is -2.84. The van der Waals surface area contributed by atoms with E-state index < -0.39 is 5.60 Å². The Morgan fingerprint density at radius 2 is 1.87 bits per heavy atom. The average Bonchev–Trinajstić information content (AvgIpc) is 3.12. The van der Waals surface area contributed by atoms with Gasteiger partial charge in [0.15, 0.2) is 0 Å². The van der Waals surface area contributed by atoms with Gasteiger partial charge in [-0.1, -0.05) is 12.1 Å². The second-order valence-corrected chi connectivity index (χ2v) is 8.87. The van der Waals surface area contributed by atoms with E-state index in [2.05, 4.69) is 10.00 Å². The molecule has 5 rings (SSSR count). The molecule has 0 saturated carbocycles. The van der Waals surface area contributed by atoms with E-state index in [0.29, 0.717) is 18.1 Å². The highest BCUT2D eigenvalue weighted by Gasteiger charge is 2.49. The van der Waals surface area contributed by atoms with Crippen LogP contribution >= 0.6 is 0 Å². The van der Waals surface area contributed by atoms with Crippen LogP contribution in [0.5, 0.6) is 0 Å². The number of hydrogen-bond acceptors (Lipinski definition) is 6. The Labute approximate surface area is 174 Å². The van der Waals surface area contributed by atoms with E-state index in [1.165, 1.54) is 12.1 Å². The highest BCUT2D eigenvalue weighted by atomic mass is 19.1. The lowest BCUT2D eigenvalue weighted by atomic mass is 9.78. The second kappa shape index (κ2) is 6.85. The molecule has 2 aliphatic heterocycles. The van der Waals surface area contributed by atoms with Gasteiger partial charge in [0.05, 0.1) is 30.0 Å². The van der Waals surface area contributed by atoms with Gasteiger partial charge in [-0.15, -0.1) is 0 Å². The summed E-state index contributed by atoms with van der Waals surface area (Å²) in [5.41, 5.74) is 1.56. The number of halogens is 1. The first-order valence-corrected chi connectivity index (χ1v) is 10.0. The van der Waals surface area contributed by atoms with E-state index in [0.717, 1.165) is 43.4 Å². The summed E-state index contributed by atoms with van der Waals surface area (Å²) >= 11 is 0. The molecule has 1 aromatic carbocycles. The SMILES string of the molecule is CC(C)(O)c1ccn(-c2nc(Cc3ccc(F)cc3)cc(N3CC4(COC4)C3)n2)n1. The molecular formula is C22H24FN5O2. The molecule has 2 saturated heterocycles. The van der Waals surface area contributed by atoms with E-state index in [1.807, 2.05) is 6.07 Å². The van der Waals surface area contributed by atoms with Gasteiger partial charge in [0.25, 0.3) is 5.95 Å². The zero-order chi connectivity index (χ0) is 20.9. The van der Waals surface area contributed by atoms with Crippen molar-refractivity contribution in [1.29, 1.82) is 0 Å². The third kappa shape index (κ3) is 3.57. The predicted octanol–water partition coefficient (Wildman–Crippen LogP) is 2.46. The molecule has 156 valence electrons. The minimum atomic E-state index is -1.05. The number of rotatable bonds is 5. The van der Waals surface area contributed by atoms with Crippen molar-refractivity contribution in [2.45, 2.75) is 25.9 Å². The summed E-state index contributed by atoms with van der Waals surface area (Å²) in [5.74, 6) is 1.04. The van der Waals surface area contributed by atoms with Gasteiger partial charge in [-0.25, -0.2) is 14.1 Å². The van der Waals surface area contributed by atoms with E-state index in [1.54, 1.807) is 42.9 Å². The van der Waals surface area contributed by atoms with Crippen molar-refractivity contribution >= 4 is 5.82 Å². The molecule has 3 aromatic rings. The first-order chi connectivity index (χ1) is 14.3. The number of aliphatic hydroxyl groups is 1. The quantitative estimate of drug-likeness (QED) is 0.698. The van der Waals surface area contributed by atoms with Gasteiger partial charge >= 0.3 is 0 Å². The number of nitrogens with zero attached hydrogens (tertiary/aromatic N) is 5. The third-order valence-electron chi connectivity index (χ3n) is 5.67. The number of hydrogen-bond donors (Lipinski definition) is 1. The lowest BCUT2D eigenvalue weighted by Crippen LogP contribution is -2.66. The molecule has 2 fully saturated rings. The van der Waals surface area contributed by atoms with E-state index in [-0.39, 0.29) is 11.2 Å². The first-order valence-electron chi connectivity index (χ1n) is 10.0. The Kier molecular flexibility index (Phi) is 4.37. The average molecular weight is 409 g/mol. The Balaban J connectivity index is 1.48. The van der Waals surface area contributed by atoms with Crippen LogP contribution in [0.1, 0.15) is 30.8 Å². The van der Waals surface area contributed by atoms with Crippen LogP contribution in [0.3, 0.4) is 0 Å². The third-order valence-corrected chi connectivity index (χ3v) is 5.67. The van der Waals surface area contributed by atoms with E-state index in [9.17, 15) is 9.50 Å². The molecule has 8 heteroatoms. The highest BCUT2D eigenvalue weighted by Crippen LogP contribution is 2.39. The first kappa shape index (κ1) is 19.1. The Morgan fingerprint density at radius 1 is 1.13 bits per heavy atom. The van der Waals surface area contributed by atoms with Crippen molar-refractivity contribution in [3.8, 4) is 5.95 Å². The topological polar surface area (TPSA) is 76.3 Å². The Morgan fingerprint density at radius 3 is 2.47 bits per heavy atom. The maximum Gasteiger partial charge on any atom is 0.252 e. The zero-order valence-corrected chi connectivity index (χ0v) is 17.0. The van der Waals surface area contributed by atoms with Crippen molar-refractivity contribution in [2.24, 2.45) is 5.41 Å². The minimum Gasteiger partial charge on any atom is -0.384 e. The van der Waals surface area contributed by atoms with Crippen molar-refractivity contribution in [3.05, 3.63) is 65.4 Å². The number of ether oxygens (including phenoxy) is 1. The molecule has 2 aromatic heterocycles. The van der Waals surface area contributed by atoms with Crippen LogP contribution in [0, 0.1) is 11.2 Å². The number of aromatic nitrogens is 4. The fourth-order valence-corrected chi connectivity index (χ4v) is 3.90. The van der Waals surface area contributed by atoms with Gasteiger partial charge in [-0.3, -0.25) is 0 Å². The van der Waals surface area contributed by atoms with Gasteiger partial charge in [0, 0.05) is 31.8 Å². The fraction of sp³-hybridized carbons (Fsp3) is 0.409. The van der Waals surface area contributed by atoms with Gasteiger partial charge in [-0.2, -0.15) is 10.1 Å². The van der Waals surface area contributed by atoms with Crippen LogP contribution in [-0.4, -0.2) is 51.2 Å². The molecule has 2 aliphatic rings. The molecule has 4 heterocycles. The molecule has 0 unspecified atom stereocenters. The number of anilines is 1. The van der Waals surface area contributed by atoms with Crippen LogP contribution in [-0.2, 0) is 16.8 Å². The van der Waals surface area contributed by atoms with Crippen molar-refractivity contribution < 1.29 is 14.2 Å². The number of benzene rings is 1. The van der Waals surface area contributed by atoms with Crippen LogP contribution < -0.4 is 4.90 Å². The second-order valence-electron chi connectivity index (χ2n) is 8.87. The van der Waals surface area contributed by atoms with Crippen molar-refractivity contribution in [1.82, 2.24) is 19.7 Å². The molecule has 0 amide bonds. The molecule has 0 aliphatic carbocycles. The maximum absolute atomic E-state index is 13.3. The summed E-state index contributed by atoms with van der Waals surface area (Å²) in [4.78, 5) is 11.6. The van der Waals surface area contributed by atoms with E-state index >= 15 is 0 Å². The fourth-order valence-electron chi connectivity index (χ4n) is 3.90. The summed E-state index contributed by atoms with van der Waals surface area (Å²) < 4.78 is 20.2. The van der Waals surface area contributed by atoms with Gasteiger partial charge in [0.1, 0.15) is 17.2 Å². The summed E-state index contributed by atoms with van der Waals surface area (Å²) in [6.07, 6.45) is 2.32. The largest absolute Gasteiger partial charge is 0.384 e. The van der Waals surface area contributed by atoms with Gasteiger partial charge in [-0.05, 0) is 37.6 Å². The smallest absolute Gasteiger partial charge is 0.252 e. The summed E-state index contributed by atoms with van der Waals surface area (Å²) in [7, 11) is 0. The standard InChI is InChI=1S/C22H24FN5O2/c1-21(2,29)18-7-8-28(26-18)20-24-17(9-15-3-5-16(23)6-4-15)10-19(25-20)27-11-22(12-27)13-30-14-22/h3-8,10,29H,9,11-14H2,1-2H3. The van der Waals surface area contributed by atoms with Crippen molar-refractivity contribution in [3.63, 3.8) is 0 Å². The van der Waals surface area contributed by atoms with Gasteiger partial charge < -0.3 is 14.7 Å². The summed E-state index contributed by atoms with van der Waals surface area (Å²) in [6, 6.07) is 10.2. The predicted molar refractivity (Wildman–Crippen MR) is 109 cm³/mol. The summed E-state index contributed by atoms with van der Waals surface area (Å²) in [5, 5.41) is 14.7. The highest BCUT2D eigenvalue weighted by molar-refractivity contribution is 5.47. The normalized spacial score (nSPS) is 17.7. The van der Waals surface area contributed by atoms with E-state index in [4.69, 9.17) is 14.7 Å². The Bertz CT molecular complexity index is 1060. The van der Waals surface area contributed by atoms with Crippen molar-refractivity contribution in [2.75, 3.05) is 31.2 Å². The van der Waals surface area contributed by atoms with Crippen LogP contribution in [0.15, 0.2) is 42.6 Å². The van der Waals surface area contributed by atoms with Crippen LogP contribution in [0.2, 0.25) is 0 Å².